The summed E-state index contributed by atoms with van der Waals surface area (Å²) in [5, 5.41) is 18.4. The van der Waals surface area contributed by atoms with Crippen LogP contribution in [0.5, 0.6) is 17.2 Å². The van der Waals surface area contributed by atoms with Crippen LogP contribution in [0.1, 0.15) is 24.2 Å². The molecule has 0 spiro atoms. The first-order valence-electron chi connectivity index (χ1n) is 14.0. The molecule has 43 heavy (non-hydrogen) atoms. The Bertz CT molecular complexity index is 1480. The molecule has 0 radical (unpaired) electrons. The molecule has 12 heteroatoms. The van der Waals surface area contributed by atoms with Gasteiger partial charge in [-0.15, -0.1) is 0 Å². The lowest BCUT2D eigenvalue weighted by molar-refractivity contribution is 0.0373. The van der Waals surface area contributed by atoms with Crippen molar-refractivity contribution in [2.75, 3.05) is 49.5 Å². The van der Waals surface area contributed by atoms with Gasteiger partial charge in [0, 0.05) is 37.0 Å². The fourth-order valence-corrected chi connectivity index (χ4v) is 4.91. The zero-order chi connectivity index (χ0) is 30.5. The molecule has 3 atom stereocenters. The highest BCUT2D eigenvalue weighted by atomic mass is 16.7. The summed E-state index contributed by atoms with van der Waals surface area (Å²) in [5.74, 6) is 0.765. The van der Waals surface area contributed by atoms with Crippen LogP contribution in [-0.2, 0) is 0 Å². The number of anilines is 3. The number of likely N-dealkylation sites (N-methyl/N-ethyl adjacent to an activating group) is 1. The molecule has 3 aromatic rings. The quantitative estimate of drug-likeness (QED) is 0.319. The minimum atomic E-state index is -0.576. The first-order chi connectivity index (χ1) is 20.7. The number of aliphatic hydroxyl groups excluding tert-OH is 1. The second-order valence-corrected chi connectivity index (χ2v) is 10.6. The molecule has 2 aliphatic heterocycles. The molecule has 226 valence electrons. The van der Waals surface area contributed by atoms with Crippen LogP contribution in [-0.4, -0.2) is 78.6 Å². The average Bonchev–Trinajstić information content (AvgIpc) is 3.47. The fraction of sp³-hybridized carbons (Fsp3) is 0.323. The van der Waals surface area contributed by atoms with Gasteiger partial charge >= 0.3 is 12.1 Å². The molecule has 0 saturated carbocycles. The largest absolute Gasteiger partial charge is 0.485 e. The smallest absolute Gasteiger partial charge is 0.323 e. The molecule has 0 unspecified atom stereocenters. The van der Waals surface area contributed by atoms with Crippen LogP contribution in [0.25, 0.3) is 0 Å². The Labute approximate surface area is 249 Å². The molecular formula is C31H35N5O7. The topological polar surface area (TPSA) is 142 Å². The molecular weight excluding hydrogens is 554 g/mol. The second kappa shape index (κ2) is 12.9. The number of nitrogens with zero attached hydrogens (tertiary/aromatic N) is 2. The van der Waals surface area contributed by atoms with Crippen molar-refractivity contribution in [3.8, 4) is 17.2 Å². The van der Waals surface area contributed by atoms with E-state index >= 15 is 0 Å². The molecule has 0 saturated heterocycles. The number of ether oxygens (including phenoxy) is 3. The van der Waals surface area contributed by atoms with E-state index in [1.54, 1.807) is 79.5 Å². The van der Waals surface area contributed by atoms with Crippen molar-refractivity contribution in [1.29, 1.82) is 0 Å². The molecule has 0 aromatic heterocycles. The lowest BCUT2D eigenvalue weighted by atomic mass is 9.99. The zero-order valence-corrected chi connectivity index (χ0v) is 24.2. The van der Waals surface area contributed by atoms with Gasteiger partial charge in [0.05, 0.1) is 30.4 Å². The van der Waals surface area contributed by atoms with E-state index in [4.69, 9.17) is 14.2 Å². The number of hydrogen-bond donors (Lipinski definition) is 4. The number of amides is 5. The normalized spacial score (nSPS) is 18.0. The Morgan fingerprint density at radius 3 is 2.53 bits per heavy atom. The Morgan fingerprint density at radius 2 is 1.77 bits per heavy atom. The summed E-state index contributed by atoms with van der Waals surface area (Å²) in [5.41, 5.74) is 1.67. The minimum absolute atomic E-state index is 0.129. The maximum atomic E-state index is 13.7. The third-order valence-electron chi connectivity index (χ3n) is 7.40. The molecule has 12 nitrogen and oxygen atoms in total. The number of fused-ring (bicyclic) bond motifs is 2. The number of rotatable bonds is 7. The van der Waals surface area contributed by atoms with Gasteiger partial charge in [-0.05, 0) is 43.3 Å². The zero-order valence-electron chi connectivity index (χ0n) is 24.2. The lowest BCUT2D eigenvalue weighted by Gasteiger charge is -2.38. The van der Waals surface area contributed by atoms with E-state index in [-0.39, 0.29) is 55.7 Å². The highest BCUT2D eigenvalue weighted by Crippen LogP contribution is 2.36. The van der Waals surface area contributed by atoms with Gasteiger partial charge in [-0.2, -0.15) is 0 Å². The summed E-state index contributed by atoms with van der Waals surface area (Å²) in [7, 11) is 1.65. The summed E-state index contributed by atoms with van der Waals surface area (Å²) in [6, 6.07) is 17.7. The number of para-hydroxylation sites is 2. The van der Waals surface area contributed by atoms with E-state index in [2.05, 4.69) is 16.0 Å². The standard InChI is InChI=1S/C31H35N5O7/c1-19-15-36(20(2)17-37)29(38)23-10-7-11-24(34-30(39)32-21-8-5-4-6-9-21)28(23)43-27(19)16-35(3)31(40)33-22-12-13-25-26(14-22)42-18-41-25/h4-14,19-20,27,37H,15-18H2,1-3H3,(H,33,40)(H2,32,34,39)/t19-,20+,27+/m1/s1. The molecule has 2 aliphatic rings. The van der Waals surface area contributed by atoms with Crippen LogP contribution >= 0.6 is 0 Å². The van der Waals surface area contributed by atoms with Crippen molar-refractivity contribution in [2.24, 2.45) is 5.92 Å². The third-order valence-corrected chi connectivity index (χ3v) is 7.40. The van der Waals surface area contributed by atoms with Gasteiger partial charge in [0.25, 0.3) is 5.91 Å². The Morgan fingerprint density at radius 1 is 1.00 bits per heavy atom. The first-order valence-corrected chi connectivity index (χ1v) is 14.0. The lowest BCUT2D eigenvalue weighted by Crippen LogP contribution is -2.50. The maximum absolute atomic E-state index is 13.7. The molecule has 5 rings (SSSR count). The van der Waals surface area contributed by atoms with Crippen molar-refractivity contribution in [1.82, 2.24) is 9.80 Å². The highest BCUT2D eigenvalue weighted by molar-refractivity contribution is 6.04. The monoisotopic (exact) mass is 589 g/mol. The van der Waals surface area contributed by atoms with E-state index in [9.17, 15) is 19.5 Å². The summed E-state index contributed by atoms with van der Waals surface area (Å²) in [6.07, 6.45) is -0.576. The van der Waals surface area contributed by atoms with Crippen LogP contribution < -0.4 is 30.2 Å². The van der Waals surface area contributed by atoms with Crippen molar-refractivity contribution in [2.45, 2.75) is 26.0 Å². The molecule has 5 amide bonds. The van der Waals surface area contributed by atoms with Gasteiger partial charge in [-0.25, -0.2) is 9.59 Å². The van der Waals surface area contributed by atoms with E-state index in [0.29, 0.717) is 28.6 Å². The SMILES string of the molecule is C[C@@H]1CN([C@@H](C)CO)C(=O)c2cccc(NC(=O)Nc3ccccc3)c2O[C@H]1CN(C)C(=O)Nc1ccc2c(c1)OCO2. The number of aliphatic hydroxyl groups is 1. The van der Waals surface area contributed by atoms with Crippen LogP contribution in [0.2, 0.25) is 0 Å². The Balaban J connectivity index is 1.39. The van der Waals surface area contributed by atoms with Gasteiger partial charge in [0.15, 0.2) is 17.2 Å². The van der Waals surface area contributed by atoms with E-state index < -0.39 is 18.2 Å². The second-order valence-electron chi connectivity index (χ2n) is 10.6. The van der Waals surface area contributed by atoms with E-state index in [0.717, 1.165) is 0 Å². The number of carbonyl (C=O) groups is 3. The molecule has 0 aliphatic carbocycles. The third kappa shape index (κ3) is 6.75. The van der Waals surface area contributed by atoms with Crippen molar-refractivity contribution >= 4 is 35.0 Å². The van der Waals surface area contributed by atoms with E-state index in [1.807, 2.05) is 13.0 Å². The molecule has 0 bridgehead atoms. The van der Waals surface area contributed by atoms with Gasteiger partial charge in [0.1, 0.15) is 6.10 Å². The number of carbonyl (C=O) groups excluding carboxylic acids is 3. The predicted octanol–water partition coefficient (Wildman–Crippen LogP) is 4.44. The molecule has 2 heterocycles. The van der Waals surface area contributed by atoms with Gasteiger partial charge in [-0.1, -0.05) is 31.2 Å². The summed E-state index contributed by atoms with van der Waals surface area (Å²) in [4.78, 5) is 42.9. The summed E-state index contributed by atoms with van der Waals surface area (Å²) >= 11 is 0. The fourth-order valence-electron chi connectivity index (χ4n) is 4.91. The Kier molecular flexibility index (Phi) is 8.86. The molecule has 4 N–H and O–H groups in total. The predicted molar refractivity (Wildman–Crippen MR) is 161 cm³/mol. The number of benzene rings is 3. The van der Waals surface area contributed by atoms with Gasteiger partial charge < -0.3 is 45.1 Å². The average molecular weight is 590 g/mol. The first kappa shape index (κ1) is 29.5. The van der Waals surface area contributed by atoms with Crippen LogP contribution in [0.3, 0.4) is 0 Å². The van der Waals surface area contributed by atoms with Crippen LogP contribution in [0, 0.1) is 5.92 Å². The molecule has 0 fully saturated rings. The Hall–Kier alpha value is -4.97. The summed E-state index contributed by atoms with van der Waals surface area (Å²) < 4.78 is 17.2. The van der Waals surface area contributed by atoms with Crippen molar-refractivity contribution in [3.05, 3.63) is 72.3 Å². The van der Waals surface area contributed by atoms with Crippen molar-refractivity contribution < 1.29 is 33.7 Å². The van der Waals surface area contributed by atoms with Crippen LogP contribution in [0.4, 0.5) is 26.7 Å². The summed E-state index contributed by atoms with van der Waals surface area (Å²) in [6.45, 7) is 4.04. The van der Waals surface area contributed by atoms with Crippen molar-refractivity contribution in [3.63, 3.8) is 0 Å². The highest BCUT2D eigenvalue weighted by Gasteiger charge is 2.35. The maximum Gasteiger partial charge on any atom is 0.323 e. The number of urea groups is 2. The number of nitrogens with one attached hydrogen (secondary N) is 3. The van der Waals surface area contributed by atoms with Gasteiger partial charge in [0.2, 0.25) is 6.79 Å². The molecule has 3 aromatic carbocycles. The van der Waals surface area contributed by atoms with E-state index in [1.165, 1.54) is 4.90 Å². The number of hydrogen-bond acceptors (Lipinski definition) is 7. The van der Waals surface area contributed by atoms with Gasteiger partial charge in [-0.3, -0.25) is 4.79 Å². The minimum Gasteiger partial charge on any atom is -0.485 e. The van der Waals surface area contributed by atoms with Crippen LogP contribution in [0.15, 0.2) is 66.7 Å².